The van der Waals surface area contributed by atoms with E-state index >= 15 is 0 Å². The summed E-state index contributed by atoms with van der Waals surface area (Å²) in [5, 5.41) is 3.88. The number of oxazole rings is 1. The van der Waals surface area contributed by atoms with Crippen LogP contribution in [0.25, 0.3) is 0 Å². The maximum absolute atomic E-state index is 5.86. The molecule has 6 heteroatoms. The van der Waals surface area contributed by atoms with Gasteiger partial charge in [-0.2, -0.15) is 4.98 Å². The molecule has 2 aromatic rings. The average molecular weight is 346 g/mol. The first kappa shape index (κ1) is 14.4. The maximum Gasteiger partial charge on any atom is 0.399 e. The number of rotatable bonds is 6. The number of hydrogen-bond acceptors (Lipinski definition) is 4. The van der Waals surface area contributed by atoms with Gasteiger partial charge in [0.2, 0.25) is 0 Å². The molecule has 0 amide bonds. The number of ether oxygens (including phenoxy) is 1. The zero-order valence-corrected chi connectivity index (χ0v) is 12.8. The molecule has 19 heavy (non-hydrogen) atoms. The smallest absolute Gasteiger partial charge is 0.399 e. The van der Waals surface area contributed by atoms with Gasteiger partial charge in [0.1, 0.15) is 12.0 Å². The zero-order valence-electron chi connectivity index (χ0n) is 10.5. The van der Waals surface area contributed by atoms with E-state index in [9.17, 15) is 0 Å². The molecule has 1 aromatic heterocycles. The van der Waals surface area contributed by atoms with E-state index in [2.05, 4.69) is 33.2 Å². The van der Waals surface area contributed by atoms with Crippen molar-refractivity contribution in [1.29, 1.82) is 0 Å². The number of hydrogen-bond donors (Lipinski definition) is 1. The quantitative estimate of drug-likeness (QED) is 0.789. The first-order chi connectivity index (χ1) is 9.19. The van der Waals surface area contributed by atoms with Crippen molar-refractivity contribution >= 4 is 27.5 Å². The number of nitrogens with zero attached hydrogens (tertiary/aromatic N) is 1. The van der Waals surface area contributed by atoms with Crippen LogP contribution in [0, 0.1) is 0 Å². The standard InChI is InChI=1S/C13H14BrClN2O2/c1-2-5-16-7-10-8-18-13(17-10)19-12-4-3-9(15)6-11(12)14/h3-4,6,8,16H,2,5,7H2,1H3. The summed E-state index contributed by atoms with van der Waals surface area (Å²) in [6, 6.07) is 5.25. The summed E-state index contributed by atoms with van der Waals surface area (Å²) < 4.78 is 11.6. The predicted octanol–water partition coefficient (Wildman–Crippen LogP) is 4.38. The molecule has 0 radical (unpaired) electrons. The lowest BCUT2D eigenvalue weighted by atomic mass is 10.3. The molecule has 0 unspecified atom stereocenters. The lowest BCUT2D eigenvalue weighted by molar-refractivity contribution is 0.329. The summed E-state index contributed by atoms with van der Waals surface area (Å²) in [5.41, 5.74) is 0.813. The van der Waals surface area contributed by atoms with Gasteiger partial charge in [0.15, 0.2) is 0 Å². The van der Waals surface area contributed by atoms with Gasteiger partial charge in [-0.05, 0) is 47.1 Å². The third-order valence-corrected chi connectivity index (χ3v) is 3.21. The van der Waals surface area contributed by atoms with Crippen molar-refractivity contribution in [3.63, 3.8) is 0 Å². The molecule has 2 rings (SSSR count). The summed E-state index contributed by atoms with van der Waals surface area (Å²) in [5.74, 6) is 0.610. The molecule has 0 fully saturated rings. The van der Waals surface area contributed by atoms with Gasteiger partial charge in [-0.15, -0.1) is 0 Å². The zero-order chi connectivity index (χ0) is 13.7. The van der Waals surface area contributed by atoms with Gasteiger partial charge in [-0.1, -0.05) is 18.5 Å². The van der Waals surface area contributed by atoms with Crippen molar-refractivity contribution in [3.05, 3.63) is 39.7 Å². The summed E-state index contributed by atoms with van der Waals surface area (Å²) in [4.78, 5) is 4.24. The Hall–Kier alpha value is -1.04. The minimum Gasteiger partial charge on any atom is -0.417 e. The van der Waals surface area contributed by atoms with E-state index in [4.69, 9.17) is 20.8 Å². The lowest BCUT2D eigenvalue weighted by Gasteiger charge is -2.03. The van der Waals surface area contributed by atoms with Crippen molar-refractivity contribution in [2.75, 3.05) is 6.54 Å². The molecule has 102 valence electrons. The Balaban J connectivity index is 1.99. The second-order valence-electron chi connectivity index (χ2n) is 3.96. The van der Waals surface area contributed by atoms with Crippen molar-refractivity contribution < 1.29 is 9.15 Å². The van der Waals surface area contributed by atoms with E-state index in [0.29, 0.717) is 17.3 Å². The first-order valence-corrected chi connectivity index (χ1v) is 7.14. The van der Waals surface area contributed by atoms with Crippen LogP contribution in [0.2, 0.25) is 5.02 Å². The van der Waals surface area contributed by atoms with Crippen LogP contribution < -0.4 is 10.1 Å². The Morgan fingerprint density at radius 1 is 1.47 bits per heavy atom. The predicted molar refractivity (Wildman–Crippen MR) is 77.7 cm³/mol. The average Bonchev–Trinajstić information content (AvgIpc) is 2.81. The molecule has 0 aliphatic carbocycles. The second-order valence-corrected chi connectivity index (χ2v) is 5.25. The fourth-order valence-electron chi connectivity index (χ4n) is 1.46. The van der Waals surface area contributed by atoms with Crippen molar-refractivity contribution in [2.45, 2.75) is 19.9 Å². The van der Waals surface area contributed by atoms with Gasteiger partial charge in [0.25, 0.3) is 0 Å². The Morgan fingerprint density at radius 3 is 3.05 bits per heavy atom. The Morgan fingerprint density at radius 2 is 2.32 bits per heavy atom. The highest BCUT2D eigenvalue weighted by atomic mass is 79.9. The number of halogens is 2. The van der Waals surface area contributed by atoms with E-state index in [1.54, 1.807) is 24.5 Å². The molecular formula is C13H14BrClN2O2. The van der Waals surface area contributed by atoms with E-state index in [1.807, 2.05) is 0 Å². The number of aromatic nitrogens is 1. The van der Waals surface area contributed by atoms with Gasteiger partial charge in [-0.3, -0.25) is 0 Å². The third kappa shape index (κ3) is 4.23. The van der Waals surface area contributed by atoms with E-state index < -0.39 is 0 Å². The molecule has 0 bridgehead atoms. The lowest BCUT2D eigenvalue weighted by Crippen LogP contribution is -2.13. The molecule has 1 N–H and O–H groups in total. The minimum absolute atomic E-state index is 0.219. The number of benzene rings is 1. The number of nitrogens with one attached hydrogen (secondary N) is 1. The molecule has 0 saturated carbocycles. The largest absolute Gasteiger partial charge is 0.417 e. The molecule has 0 aliphatic rings. The summed E-state index contributed by atoms with van der Waals surface area (Å²) >= 11 is 9.23. The SMILES string of the molecule is CCCNCc1coc(Oc2ccc(Cl)cc2Br)n1. The highest BCUT2D eigenvalue weighted by Crippen LogP contribution is 2.31. The van der Waals surface area contributed by atoms with Crippen LogP contribution in [-0.4, -0.2) is 11.5 Å². The fraction of sp³-hybridized carbons (Fsp3) is 0.308. The van der Waals surface area contributed by atoms with Crippen LogP contribution in [0.1, 0.15) is 19.0 Å². The Labute approximate surface area is 125 Å². The summed E-state index contributed by atoms with van der Waals surface area (Å²) in [7, 11) is 0. The van der Waals surface area contributed by atoms with E-state index in [1.165, 1.54) is 0 Å². The van der Waals surface area contributed by atoms with Crippen LogP contribution in [0.15, 0.2) is 33.4 Å². The molecule has 0 saturated heterocycles. The maximum atomic E-state index is 5.86. The molecule has 0 aliphatic heterocycles. The van der Waals surface area contributed by atoms with Crippen LogP contribution in [0.3, 0.4) is 0 Å². The summed E-state index contributed by atoms with van der Waals surface area (Å²) in [6.07, 6.45) is 2.89. The molecule has 1 aromatic carbocycles. The summed E-state index contributed by atoms with van der Waals surface area (Å²) in [6.45, 7) is 3.73. The highest BCUT2D eigenvalue weighted by molar-refractivity contribution is 9.10. The van der Waals surface area contributed by atoms with Gasteiger partial charge < -0.3 is 14.5 Å². The topological polar surface area (TPSA) is 47.3 Å². The van der Waals surface area contributed by atoms with Crippen LogP contribution in [0.4, 0.5) is 0 Å². The molecule has 4 nitrogen and oxygen atoms in total. The third-order valence-electron chi connectivity index (χ3n) is 2.35. The van der Waals surface area contributed by atoms with Crippen molar-refractivity contribution in [3.8, 4) is 11.8 Å². The van der Waals surface area contributed by atoms with Crippen LogP contribution in [0.5, 0.6) is 11.8 Å². The Bertz CT molecular complexity index is 545. The van der Waals surface area contributed by atoms with Crippen LogP contribution >= 0.6 is 27.5 Å². The van der Waals surface area contributed by atoms with Gasteiger partial charge in [0, 0.05) is 11.6 Å². The van der Waals surface area contributed by atoms with Crippen LogP contribution in [-0.2, 0) is 6.54 Å². The second kappa shape index (κ2) is 6.93. The molecule has 0 atom stereocenters. The highest BCUT2D eigenvalue weighted by Gasteiger charge is 2.09. The fourth-order valence-corrected chi connectivity index (χ4v) is 2.23. The minimum atomic E-state index is 0.219. The normalized spacial score (nSPS) is 10.7. The van der Waals surface area contributed by atoms with Gasteiger partial charge in [-0.25, -0.2) is 0 Å². The molecule has 0 spiro atoms. The van der Waals surface area contributed by atoms with Gasteiger partial charge >= 0.3 is 6.08 Å². The van der Waals surface area contributed by atoms with E-state index in [0.717, 1.165) is 23.1 Å². The van der Waals surface area contributed by atoms with Crippen molar-refractivity contribution in [2.24, 2.45) is 0 Å². The monoisotopic (exact) mass is 344 g/mol. The van der Waals surface area contributed by atoms with E-state index in [-0.39, 0.29) is 6.08 Å². The van der Waals surface area contributed by atoms with Gasteiger partial charge in [0.05, 0.1) is 10.2 Å². The first-order valence-electron chi connectivity index (χ1n) is 5.97. The molecular weight excluding hydrogens is 332 g/mol. The molecule has 1 heterocycles. The van der Waals surface area contributed by atoms with Crippen molar-refractivity contribution in [1.82, 2.24) is 10.3 Å². The Kier molecular flexibility index (Phi) is 5.24.